The fraction of sp³-hybridized carbons (Fsp3) is 0.625. The van der Waals surface area contributed by atoms with Crippen LogP contribution >= 0.6 is 0 Å². The fourth-order valence-electron chi connectivity index (χ4n) is 2.40. The molecule has 0 aliphatic heterocycles. The quantitative estimate of drug-likeness (QED) is 0.829. The van der Waals surface area contributed by atoms with Gasteiger partial charge in [0.1, 0.15) is 0 Å². The van der Waals surface area contributed by atoms with E-state index in [0.717, 1.165) is 0 Å². The second-order valence-electron chi connectivity index (χ2n) is 5.53. The van der Waals surface area contributed by atoms with Crippen molar-refractivity contribution < 1.29 is 4.74 Å². The Labute approximate surface area is 112 Å². The molecule has 0 bridgehead atoms. The molecule has 0 aromatic heterocycles. The molecule has 0 amide bonds. The minimum absolute atomic E-state index is 0.194. The van der Waals surface area contributed by atoms with E-state index in [-0.39, 0.29) is 12.1 Å². The number of nitrogens with one attached hydrogen (secondary N) is 1. The predicted octanol–water partition coefficient (Wildman–Crippen LogP) is 3.74. The zero-order valence-corrected chi connectivity index (χ0v) is 12.5. The number of rotatable bonds is 6. The molecule has 0 aliphatic carbocycles. The van der Waals surface area contributed by atoms with Crippen molar-refractivity contribution in [2.24, 2.45) is 5.92 Å². The van der Waals surface area contributed by atoms with Gasteiger partial charge in [0.2, 0.25) is 0 Å². The van der Waals surface area contributed by atoms with Crippen LogP contribution in [0, 0.1) is 5.92 Å². The van der Waals surface area contributed by atoms with E-state index < -0.39 is 0 Å². The summed E-state index contributed by atoms with van der Waals surface area (Å²) in [5, 5.41) is 3.37. The summed E-state index contributed by atoms with van der Waals surface area (Å²) in [6.45, 7) is 8.83. The zero-order valence-electron chi connectivity index (χ0n) is 12.5. The summed E-state index contributed by atoms with van der Waals surface area (Å²) in [6, 6.07) is 9.11. The van der Waals surface area contributed by atoms with Crippen molar-refractivity contribution in [3.63, 3.8) is 0 Å². The third-order valence-corrected chi connectivity index (χ3v) is 3.53. The van der Waals surface area contributed by atoms with Crippen LogP contribution in [0.4, 0.5) is 0 Å². The first-order chi connectivity index (χ1) is 8.51. The first-order valence-corrected chi connectivity index (χ1v) is 6.81. The standard InChI is InChI=1S/C16H27NO/c1-11(2)13-7-9-14(10-8-13)15(17-5)16(18-6)12(3)4/h7-12,15-17H,1-6H3. The first-order valence-electron chi connectivity index (χ1n) is 6.81. The van der Waals surface area contributed by atoms with Crippen molar-refractivity contribution in [1.29, 1.82) is 0 Å². The molecule has 0 saturated heterocycles. The van der Waals surface area contributed by atoms with E-state index in [1.807, 2.05) is 7.05 Å². The van der Waals surface area contributed by atoms with Crippen LogP contribution in [0.5, 0.6) is 0 Å². The lowest BCUT2D eigenvalue weighted by atomic mass is 9.92. The molecule has 0 radical (unpaired) electrons. The van der Waals surface area contributed by atoms with Crippen LogP contribution in [0.2, 0.25) is 0 Å². The highest BCUT2D eigenvalue weighted by Crippen LogP contribution is 2.25. The van der Waals surface area contributed by atoms with Gasteiger partial charge in [-0.05, 0) is 30.0 Å². The van der Waals surface area contributed by atoms with Gasteiger partial charge in [-0.25, -0.2) is 0 Å². The summed E-state index contributed by atoms with van der Waals surface area (Å²) in [7, 11) is 3.78. The Bertz CT molecular complexity index is 343. The van der Waals surface area contributed by atoms with Crippen LogP contribution in [0.3, 0.4) is 0 Å². The predicted molar refractivity (Wildman–Crippen MR) is 78.0 cm³/mol. The third-order valence-electron chi connectivity index (χ3n) is 3.53. The van der Waals surface area contributed by atoms with Gasteiger partial charge in [0.05, 0.1) is 12.1 Å². The second-order valence-corrected chi connectivity index (χ2v) is 5.53. The fourth-order valence-corrected chi connectivity index (χ4v) is 2.40. The molecule has 1 N–H and O–H groups in total. The lowest BCUT2D eigenvalue weighted by Gasteiger charge is -2.29. The van der Waals surface area contributed by atoms with Gasteiger partial charge < -0.3 is 10.1 Å². The lowest BCUT2D eigenvalue weighted by molar-refractivity contribution is 0.0348. The number of hydrogen-bond donors (Lipinski definition) is 1. The van der Waals surface area contributed by atoms with E-state index in [0.29, 0.717) is 11.8 Å². The molecule has 0 saturated carbocycles. The minimum atomic E-state index is 0.194. The summed E-state index contributed by atoms with van der Waals surface area (Å²) in [5.41, 5.74) is 2.68. The van der Waals surface area contributed by atoms with E-state index in [1.54, 1.807) is 7.11 Å². The summed E-state index contributed by atoms with van der Waals surface area (Å²) in [5.74, 6) is 1.06. The van der Waals surface area contributed by atoms with Crippen LogP contribution in [-0.2, 0) is 4.74 Å². The average Bonchev–Trinajstić information content (AvgIpc) is 2.35. The van der Waals surface area contributed by atoms with Gasteiger partial charge in [-0.3, -0.25) is 0 Å². The van der Waals surface area contributed by atoms with Gasteiger partial charge in [-0.15, -0.1) is 0 Å². The maximum absolute atomic E-state index is 5.63. The number of likely N-dealkylation sites (N-methyl/N-ethyl adjacent to an activating group) is 1. The molecule has 1 rings (SSSR count). The molecule has 0 spiro atoms. The van der Waals surface area contributed by atoms with Gasteiger partial charge in [-0.1, -0.05) is 52.0 Å². The number of benzene rings is 1. The minimum Gasteiger partial charge on any atom is -0.379 e. The summed E-state index contributed by atoms with van der Waals surface area (Å²) < 4.78 is 5.63. The first kappa shape index (κ1) is 15.2. The van der Waals surface area contributed by atoms with Crippen LogP contribution in [-0.4, -0.2) is 20.3 Å². The molecule has 102 valence electrons. The van der Waals surface area contributed by atoms with E-state index in [2.05, 4.69) is 57.3 Å². The lowest BCUT2D eigenvalue weighted by Crippen LogP contribution is -2.34. The Balaban J connectivity index is 2.94. The van der Waals surface area contributed by atoms with E-state index in [9.17, 15) is 0 Å². The molecule has 1 aromatic rings. The van der Waals surface area contributed by atoms with Gasteiger partial charge in [-0.2, -0.15) is 0 Å². The normalized spacial score (nSPS) is 15.1. The summed E-state index contributed by atoms with van der Waals surface area (Å²) in [6.07, 6.45) is 0.194. The molecular weight excluding hydrogens is 222 g/mol. The smallest absolute Gasteiger partial charge is 0.0788 e. The van der Waals surface area contributed by atoms with Crippen LogP contribution in [0.15, 0.2) is 24.3 Å². The average molecular weight is 249 g/mol. The maximum Gasteiger partial charge on any atom is 0.0788 e. The largest absolute Gasteiger partial charge is 0.379 e. The van der Waals surface area contributed by atoms with Crippen molar-refractivity contribution in [2.45, 2.75) is 45.8 Å². The van der Waals surface area contributed by atoms with Gasteiger partial charge >= 0.3 is 0 Å². The SMILES string of the molecule is CNC(c1ccc(C(C)C)cc1)C(OC)C(C)C. The third kappa shape index (κ3) is 3.56. The molecule has 0 fully saturated rings. The number of ether oxygens (including phenoxy) is 1. The number of methoxy groups -OCH3 is 1. The van der Waals surface area contributed by atoms with E-state index in [4.69, 9.17) is 4.74 Å². The van der Waals surface area contributed by atoms with E-state index >= 15 is 0 Å². The maximum atomic E-state index is 5.63. The van der Waals surface area contributed by atoms with Crippen molar-refractivity contribution in [1.82, 2.24) is 5.32 Å². The topological polar surface area (TPSA) is 21.3 Å². The molecule has 2 atom stereocenters. The molecule has 2 heteroatoms. The van der Waals surface area contributed by atoms with Crippen molar-refractivity contribution in [3.05, 3.63) is 35.4 Å². The molecule has 0 heterocycles. The van der Waals surface area contributed by atoms with Crippen LogP contribution < -0.4 is 5.32 Å². The summed E-state index contributed by atoms with van der Waals surface area (Å²) >= 11 is 0. The highest BCUT2D eigenvalue weighted by Gasteiger charge is 2.24. The molecule has 18 heavy (non-hydrogen) atoms. The molecule has 2 nitrogen and oxygen atoms in total. The van der Waals surface area contributed by atoms with Gasteiger partial charge in [0, 0.05) is 7.11 Å². The van der Waals surface area contributed by atoms with Crippen molar-refractivity contribution in [2.75, 3.05) is 14.2 Å². The zero-order chi connectivity index (χ0) is 13.7. The highest BCUT2D eigenvalue weighted by atomic mass is 16.5. The Kier molecular flexibility index (Phi) is 5.83. The monoisotopic (exact) mass is 249 g/mol. The van der Waals surface area contributed by atoms with Crippen molar-refractivity contribution in [3.8, 4) is 0 Å². The summed E-state index contributed by atoms with van der Waals surface area (Å²) in [4.78, 5) is 0. The highest BCUT2D eigenvalue weighted by molar-refractivity contribution is 5.27. The van der Waals surface area contributed by atoms with Crippen LogP contribution in [0.1, 0.15) is 50.8 Å². The van der Waals surface area contributed by atoms with Crippen molar-refractivity contribution >= 4 is 0 Å². The Morgan fingerprint density at radius 2 is 1.44 bits per heavy atom. The van der Waals surface area contributed by atoms with E-state index in [1.165, 1.54) is 11.1 Å². The molecule has 1 aromatic carbocycles. The second kappa shape index (κ2) is 6.91. The Morgan fingerprint density at radius 3 is 1.78 bits per heavy atom. The van der Waals surface area contributed by atoms with Crippen LogP contribution in [0.25, 0.3) is 0 Å². The molecular formula is C16H27NO. The Hall–Kier alpha value is -0.860. The Morgan fingerprint density at radius 1 is 0.944 bits per heavy atom. The molecule has 2 unspecified atom stereocenters. The number of hydrogen-bond acceptors (Lipinski definition) is 2. The molecule has 0 aliphatic rings. The van der Waals surface area contributed by atoms with Gasteiger partial charge in [0.25, 0.3) is 0 Å². The van der Waals surface area contributed by atoms with Gasteiger partial charge in [0.15, 0.2) is 0 Å².